The van der Waals surface area contributed by atoms with Gasteiger partial charge in [-0.2, -0.15) is 0 Å². The van der Waals surface area contributed by atoms with Crippen molar-refractivity contribution in [1.29, 1.82) is 0 Å². The van der Waals surface area contributed by atoms with Crippen LogP contribution in [0.5, 0.6) is 0 Å². The number of likely N-dealkylation sites (tertiary alicyclic amines) is 1. The number of benzene rings is 4. The summed E-state index contributed by atoms with van der Waals surface area (Å²) in [6.07, 6.45) is 0.253. The van der Waals surface area contributed by atoms with Gasteiger partial charge < -0.3 is 35.2 Å². The number of aliphatic hydroxyl groups is 2. The molecule has 0 radical (unpaired) electrons. The molecule has 0 aromatic heterocycles. The summed E-state index contributed by atoms with van der Waals surface area (Å²) < 4.78 is 13.3. The zero-order chi connectivity index (χ0) is 32.8. The van der Waals surface area contributed by atoms with Gasteiger partial charge in [0, 0.05) is 48.4 Å². The Hall–Kier alpha value is -3.76. The van der Waals surface area contributed by atoms with Crippen molar-refractivity contribution < 1.29 is 24.5 Å². The average molecular weight is 656 g/mol. The number of carbonyl (C=O) groups excluding carboxylic acids is 1. The Morgan fingerprint density at radius 2 is 1.53 bits per heavy atom. The molecule has 0 spiro atoms. The van der Waals surface area contributed by atoms with E-state index in [0.29, 0.717) is 36.6 Å². The molecule has 6 rings (SSSR count). The summed E-state index contributed by atoms with van der Waals surface area (Å²) in [6.45, 7) is 4.74. The number of nitrogens with one attached hydrogen (secondary N) is 2. The van der Waals surface area contributed by atoms with Crippen molar-refractivity contribution in [2.75, 3.05) is 25.0 Å². The number of rotatable bonds is 9. The van der Waals surface area contributed by atoms with Gasteiger partial charge in [0.05, 0.1) is 24.4 Å². The van der Waals surface area contributed by atoms with Gasteiger partial charge in [0.15, 0.2) is 6.29 Å². The molecule has 2 heterocycles. The Kier molecular flexibility index (Phi) is 10.6. The fourth-order valence-corrected chi connectivity index (χ4v) is 6.54. The lowest BCUT2D eigenvalue weighted by molar-refractivity contribution is -0.277. The highest BCUT2D eigenvalue weighted by molar-refractivity contribution is 6.30. The summed E-state index contributed by atoms with van der Waals surface area (Å²) in [5.41, 5.74) is 4.43. The van der Waals surface area contributed by atoms with Gasteiger partial charge >= 0.3 is 6.03 Å². The Morgan fingerprint density at radius 3 is 2.19 bits per heavy atom. The molecule has 2 aliphatic heterocycles. The fraction of sp³-hybridized carbons (Fsp3) is 0.342. The maximum Gasteiger partial charge on any atom is 0.319 e. The number of hydrogen-bond donors (Lipinski definition) is 4. The van der Waals surface area contributed by atoms with Crippen LogP contribution < -0.4 is 10.6 Å². The molecule has 2 amide bonds. The van der Waals surface area contributed by atoms with E-state index in [1.54, 1.807) is 0 Å². The molecule has 2 aliphatic rings. The molecule has 4 atom stereocenters. The number of aliphatic hydroxyl groups excluding tert-OH is 1. The molecule has 0 saturated carbocycles. The van der Waals surface area contributed by atoms with E-state index in [9.17, 15) is 15.0 Å². The first-order chi connectivity index (χ1) is 22.8. The molecule has 2 saturated heterocycles. The van der Waals surface area contributed by atoms with E-state index in [2.05, 4.69) is 22.5 Å². The molecule has 9 heteroatoms. The summed E-state index contributed by atoms with van der Waals surface area (Å²) in [7, 11) is 0. The van der Waals surface area contributed by atoms with Gasteiger partial charge in [0.2, 0.25) is 0 Å². The highest BCUT2D eigenvalue weighted by Gasteiger charge is 2.41. The number of piperidine rings is 1. The van der Waals surface area contributed by atoms with Crippen LogP contribution in [0.3, 0.4) is 0 Å². The SMILES string of the molecule is CC1C(CN2CCC(O)(c3ccc(Cl)cc3)CC2)OC(c2ccc(NC(=O)NCc3ccccc3)cc2)OC1c1ccc(CO)cc1. The van der Waals surface area contributed by atoms with E-state index >= 15 is 0 Å². The summed E-state index contributed by atoms with van der Waals surface area (Å²) >= 11 is 6.08. The van der Waals surface area contributed by atoms with Crippen LogP contribution in [0.15, 0.2) is 103 Å². The van der Waals surface area contributed by atoms with Crippen molar-refractivity contribution in [2.45, 2.75) is 57.0 Å². The fourth-order valence-electron chi connectivity index (χ4n) is 6.41. The lowest BCUT2D eigenvalue weighted by Gasteiger charge is -2.45. The van der Waals surface area contributed by atoms with Crippen molar-refractivity contribution in [1.82, 2.24) is 10.2 Å². The Balaban J connectivity index is 1.13. The van der Waals surface area contributed by atoms with Crippen LogP contribution in [-0.4, -0.2) is 46.9 Å². The maximum atomic E-state index is 12.5. The van der Waals surface area contributed by atoms with E-state index < -0.39 is 11.9 Å². The molecule has 2 fully saturated rings. The number of nitrogens with zero attached hydrogens (tertiary/aromatic N) is 1. The molecule has 8 nitrogen and oxygen atoms in total. The number of urea groups is 1. The van der Waals surface area contributed by atoms with E-state index in [1.807, 2.05) is 103 Å². The Morgan fingerprint density at radius 1 is 0.872 bits per heavy atom. The highest BCUT2D eigenvalue weighted by Crippen LogP contribution is 2.43. The van der Waals surface area contributed by atoms with Crippen molar-refractivity contribution in [3.05, 3.63) is 136 Å². The second kappa shape index (κ2) is 15.0. The minimum Gasteiger partial charge on any atom is -0.392 e. The molecule has 4 aromatic rings. The van der Waals surface area contributed by atoms with E-state index in [-0.39, 0.29) is 30.8 Å². The summed E-state index contributed by atoms with van der Waals surface area (Å²) in [5.74, 6) is 0.0394. The summed E-state index contributed by atoms with van der Waals surface area (Å²) in [4.78, 5) is 14.9. The van der Waals surface area contributed by atoms with Gasteiger partial charge in [0.25, 0.3) is 0 Å². The third kappa shape index (κ3) is 8.22. The van der Waals surface area contributed by atoms with Gasteiger partial charge in [-0.05, 0) is 59.4 Å². The van der Waals surface area contributed by atoms with Crippen molar-refractivity contribution in [2.24, 2.45) is 5.92 Å². The number of ether oxygens (including phenoxy) is 2. The number of hydrogen-bond acceptors (Lipinski definition) is 6. The zero-order valence-electron chi connectivity index (χ0n) is 26.5. The molecule has 47 heavy (non-hydrogen) atoms. The predicted molar refractivity (Wildman–Crippen MR) is 183 cm³/mol. The van der Waals surface area contributed by atoms with E-state index in [0.717, 1.165) is 40.9 Å². The predicted octanol–water partition coefficient (Wildman–Crippen LogP) is 6.93. The third-order valence-corrected chi connectivity index (χ3v) is 9.61. The average Bonchev–Trinajstić information content (AvgIpc) is 3.10. The molecule has 246 valence electrons. The quantitative estimate of drug-likeness (QED) is 0.156. The van der Waals surface area contributed by atoms with Gasteiger partial charge in [0.1, 0.15) is 0 Å². The summed E-state index contributed by atoms with van der Waals surface area (Å²) in [5, 5.41) is 27.4. The van der Waals surface area contributed by atoms with Gasteiger partial charge in [-0.25, -0.2) is 4.79 Å². The third-order valence-electron chi connectivity index (χ3n) is 9.36. The number of carbonyl (C=O) groups is 1. The van der Waals surface area contributed by atoms with Gasteiger partial charge in [-0.15, -0.1) is 0 Å². The highest BCUT2D eigenvalue weighted by atomic mass is 35.5. The van der Waals surface area contributed by atoms with Crippen LogP contribution in [0.2, 0.25) is 5.02 Å². The zero-order valence-corrected chi connectivity index (χ0v) is 27.3. The second-order valence-corrected chi connectivity index (χ2v) is 13.0. The first-order valence-corrected chi connectivity index (χ1v) is 16.6. The molecule has 0 aliphatic carbocycles. The standard InChI is InChI=1S/C38H42ClN3O5/c1-26-34(24-42-21-19-38(45,20-22-42)31-13-15-32(39)16-14-31)46-36(47-35(26)29-9-7-28(25-43)8-10-29)30-11-17-33(18-12-30)41-37(44)40-23-27-5-3-2-4-6-27/h2-18,26,34-36,43,45H,19-25H2,1H3,(H2,40,41,44). The van der Waals surface area contributed by atoms with Crippen molar-refractivity contribution >= 4 is 23.3 Å². The van der Waals surface area contributed by atoms with Crippen LogP contribution >= 0.6 is 11.6 Å². The van der Waals surface area contributed by atoms with Gasteiger partial charge in [-0.1, -0.05) is 97.4 Å². The van der Waals surface area contributed by atoms with Crippen molar-refractivity contribution in [3.63, 3.8) is 0 Å². The number of anilines is 1. The van der Waals surface area contributed by atoms with Crippen LogP contribution in [0.25, 0.3) is 0 Å². The molecule has 4 aromatic carbocycles. The Bertz CT molecular complexity index is 1590. The molecule has 4 unspecified atom stereocenters. The minimum absolute atomic E-state index is 0.0162. The molecular weight excluding hydrogens is 614 g/mol. The van der Waals surface area contributed by atoms with E-state index in [1.165, 1.54) is 0 Å². The lowest BCUT2D eigenvalue weighted by Crippen LogP contribution is -2.49. The van der Waals surface area contributed by atoms with Gasteiger partial charge in [-0.3, -0.25) is 0 Å². The largest absolute Gasteiger partial charge is 0.392 e. The first-order valence-electron chi connectivity index (χ1n) is 16.2. The van der Waals surface area contributed by atoms with E-state index in [4.69, 9.17) is 21.1 Å². The normalized spacial score (nSPS) is 22.8. The topological polar surface area (TPSA) is 103 Å². The first kappa shape index (κ1) is 33.2. The monoisotopic (exact) mass is 655 g/mol. The molecule has 0 bridgehead atoms. The van der Waals surface area contributed by atoms with Crippen molar-refractivity contribution in [3.8, 4) is 0 Å². The van der Waals surface area contributed by atoms with Crippen LogP contribution in [-0.2, 0) is 28.2 Å². The van der Waals surface area contributed by atoms with Crippen LogP contribution in [0.1, 0.15) is 60.0 Å². The minimum atomic E-state index is -0.878. The lowest BCUT2D eigenvalue weighted by atomic mass is 9.84. The van der Waals surface area contributed by atoms with Crippen LogP contribution in [0.4, 0.5) is 10.5 Å². The smallest absolute Gasteiger partial charge is 0.319 e. The maximum absolute atomic E-state index is 12.5. The van der Waals surface area contributed by atoms with Crippen LogP contribution in [0, 0.1) is 5.92 Å². The summed E-state index contributed by atoms with van der Waals surface area (Å²) in [6, 6.07) is 32.4. The Labute approximate surface area is 281 Å². The number of halogens is 1. The number of amides is 2. The molecule has 4 N–H and O–H groups in total. The second-order valence-electron chi connectivity index (χ2n) is 12.6. The molecular formula is C38H42ClN3O5.